The molecule has 1 aliphatic heterocycles. The largest absolute Gasteiger partial charge is 0.416 e. The summed E-state index contributed by atoms with van der Waals surface area (Å²) in [6.45, 7) is 0.129. The van der Waals surface area contributed by atoms with Crippen LogP contribution in [-0.4, -0.2) is 69.3 Å². The fraction of sp³-hybridized carbons (Fsp3) is 0.467. The van der Waals surface area contributed by atoms with Crippen molar-refractivity contribution in [2.45, 2.75) is 11.1 Å². The van der Waals surface area contributed by atoms with Gasteiger partial charge in [0.1, 0.15) is 4.90 Å². The maximum atomic E-state index is 12.9. The van der Waals surface area contributed by atoms with Crippen molar-refractivity contribution in [2.75, 3.05) is 39.8 Å². The first kappa shape index (κ1) is 22.4. The molecule has 1 heterocycles. The van der Waals surface area contributed by atoms with Crippen LogP contribution in [0.15, 0.2) is 23.1 Å². The number of nitrogens with zero attached hydrogens (tertiary/aromatic N) is 2. The number of piperazine rings is 1. The van der Waals surface area contributed by atoms with Gasteiger partial charge in [-0.15, -0.1) is 0 Å². The summed E-state index contributed by atoms with van der Waals surface area (Å²) >= 11 is 5.84. The van der Waals surface area contributed by atoms with Gasteiger partial charge >= 0.3 is 12.2 Å². The van der Waals surface area contributed by atoms with Gasteiger partial charge < -0.3 is 5.32 Å². The number of urea groups is 1. The second-order valence-electron chi connectivity index (χ2n) is 5.95. The van der Waals surface area contributed by atoms with E-state index < -0.39 is 38.6 Å². The smallest absolute Gasteiger partial charge is 0.341 e. The lowest BCUT2D eigenvalue weighted by atomic mass is 10.2. The van der Waals surface area contributed by atoms with Crippen molar-refractivity contribution < 1.29 is 31.2 Å². The lowest BCUT2D eigenvalue weighted by Crippen LogP contribution is -2.52. The molecule has 2 N–H and O–H groups in total. The molecule has 13 heteroatoms. The van der Waals surface area contributed by atoms with Gasteiger partial charge in [0, 0.05) is 33.2 Å². The van der Waals surface area contributed by atoms with Crippen molar-refractivity contribution in [3.8, 4) is 0 Å². The van der Waals surface area contributed by atoms with Gasteiger partial charge in [0.25, 0.3) is 0 Å². The molecule has 8 nitrogen and oxygen atoms in total. The number of nitrogens with one attached hydrogen (secondary N) is 2. The number of rotatable bonds is 4. The molecule has 0 saturated carbocycles. The monoisotopic (exact) mass is 442 g/mol. The number of benzene rings is 1. The number of carbonyl (C=O) groups excluding carboxylic acids is 2. The van der Waals surface area contributed by atoms with Crippen LogP contribution >= 0.6 is 11.6 Å². The Hall–Kier alpha value is -1.89. The predicted molar refractivity (Wildman–Crippen MR) is 94.3 cm³/mol. The molecule has 1 saturated heterocycles. The first-order valence-corrected chi connectivity index (χ1v) is 9.87. The highest BCUT2D eigenvalue weighted by Crippen LogP contribution is 2.34. The Bertz CT molecular complexity index is 855. The van der Waals surface area contributed by atoms with E-state index >= 15 is 0 Å². The third-order valence-electron chi connectivity index (χ3n) is 4.05. The van der Waals surface area contributed by atoms with Gasteiger partial charge in [0.15, 0.2) is 0 Å². The van der Waals surface area contributed by atoms with Gasteiger partial charge in [0.2, 0.25) is 15.9 Å². The number of alkyl halides is 3. The molecular formula is C15H18ClF3N4O4S. The number of hydrogen-bond acceptors (Lipinski definition) is 5. The van der Waals surface area contributed by atoms with E-state index in [9.17, 15) is 31.2 Å². The molecule has 2 rings (SSSR count). The molecule has 1 aromatic carbocycles. The summed E-state index contributed by atoms with van der Waals surface area (Å²) in [5.41, 5.74) is -1.11. The minimum atomic E-state index is -4.70. The van der Waals surface area contributed by atoms with E-state index in [2.05, 4.69) is 10.6 Å². The van der Waals surface area contributed by atoms with E-state index in [-0.39, 0.29) is 37.7 Å². The maximum Gasteiger partial charge on any atom is 0.416 e. The van der Waals surface area contributed by atoms with Crippen molar-refractivity contribution in [3.63, 3.8) is 0 Å². The molecule has 1 aromatic rings. The van der Waals surface area contributed by atoms with E-state index in [0.717, 1.165) is 10.4 Å². The molecule has 0 bridgehead atoms. The molecule has 0 unspecified atom stereocenters. The summed E-state index contributed by atoms with van der Waals surface area (Å²) in [4.78, 5) is 23.8. The second-order valence-corrected chi connectivity index (χ2v) is 8.26. The maximum absolute atomic E-state index is 12.9. The van der Waals surface area contributed by atoms with E-state index in [0.29, 0.717) is 12.1 Å². The molecule has 0 atom stereocenters. The summed E-state index contributed by atoms with van der Waals surface area (Å²) in [7, 11) is -2.89. The molecule has 28 heavy (non-hydrogen) atoms. The Labute approximate surface area is 164 Å². The highest BCUT2D eigenvalue weighted by molar-refractivity contribution is 7.89. The topological polar surface area (TPSA) is 98.8 Å². The molecule has 0 spiro atoms. The van der Waals surface area contributed by atoms with Gasteiger partial charge in [-0.05, 0) is 18.2 Å². The number of amides is 3. The number of imide groups is 1. The summed E-state index contributed by atoms with van der Waals surface area (Å²) in [5, 5.41) is 4.01. The van der Waals surface area contributed by atoms with Crippen molar-refractivity contribution >= 4 is 33.6 Å². The average molecular weight is 443 g/mol. The normalized spacial score (nSPS) is 16.6. The molecular weight excluding hydrogens is 425 g/mol. The summed E-state index contributed by atoms with van der Waals surface area (Å²) < 4.78 is 65.1. The highest BCUT2D eigenvalue weighted by Gasteiger charge is 2.35. The lowest BCUT2D eigenvalue weighted by molar-refractivity contribution is -0.137. The standard InChI is InChI=1S/C15H18ClF3N4O4S/c1-20-14(25)21-13(24)9-22-4-6-23(7-5-22)28(26,27)12-8-10(15(17,18)19)2-3-11(12)16/h2-3,8H,4-7,9H2,1H3,(H2,20,21,24,25). The fourth-order valence-electron chi connectivity index (χ4n) is 2.58. The van der Waals surface area contributed by atoms with E-state index in [4.69, 9.17) is 11.6 Å². The number of halogens is 4. The van der Waals surface area contributed by atoms with Gasteiger partial charge in [-0.1, -0.05) is 11.6 Å². The lowest BCUT2D eigenvalue weighted by Gasteiger charge is -2.33. The van der Waals surface area contributed by atoms with Crippen molar-refractivity contribution in [2.24, 2.45) is 0 Å². The van der Waals surface area contributed by atoms with Gasteiger partial charge in [-0.25, -0.2) is 13.2 Å². The summed E-state index contributed by atoms with van der Waals surface area (Å²) in [6, 6.07) is 1.47. The highest BCUT2D eigenvalue weighted by atomic mass is 35.5. The van der Waals surface area contributed by atoms with Gasteiger partial charge in [-0.3, -0.25) is 15.0 Å². The average Bonchev–Trinajstić information content (AvgIpc) is 2.61. The van der Waals surface area contributed by atoms with Crippen LogP contribution in [0.4, 0.5) is 18.0 Å². The Balaban J connectivity index is 2.07. The first-order chi connectivity index (χ1) is 12.9. The minimum Gasteiger partial charge on any atom is -0.341 e. The van der Waals surface area contributed by atoms with Crippen LogP contribution in [0.25, 0.3) is 0 Å². The SMILES string of the molecule is CNC(=O)NC(=O)CN1CCN(S(=O)(=O)c2cc(C(F)(F)F)ccc2Cl)CC1. The van der Waals surface area contributed by atoms with Gasteiger partial charge in [0.05, 0.1) is 17.1 Å². The van der Waals surface area contributed by atoms with Crippen LogP contribution in [0.1, 0.15) is 5.56 Å². The molecule has 0 radical (unpaired) electrons. The Morgan fingerprint density at radius 2 is 1.79 bits per heavy atom. The molecule has 0 aliphatic carbocycles. The summed E-state index contributed by atoms with van der Waals surface area (Å²) in [6.07, 6.45) is -4.70. The fourth-order valence-corrected chi connectivity index (χ4v) is 4.50. The van der Waals surface area contributed by atoms with E-state index in [1.165, 1.54) is 7.05 Å². The second kappa shape index (κ2) is 8.64. The molecule has 156 valence electrons. The zero-order valence-corrected chi connectivity index (χ0v) is 16.3. The van der Waals surface area contributed by atoms with Crippen LogP contribution in [0.3, 0.4) is 0 Å². The zero-order chi connectivity index (χ0) is 21.1. The minimum absolute atomic E-state index is 0.0395. The van der Waals surface area contributed by atoms with Crippen LogP contribution in [0.2, 0.25) is 5.02 Å². The van der Waals surface area contributed by atoms with Crippen LogP contribution in [0.5, 0.6) is 0 Å². The Morgan fingerprint density at radius 1 is 1.18 bits per heavy atom. The van der Waals surface area contributed by atoms with E-state index in [1.807, 2.05) is 0 Å². The summed E-state index contributed by atoms with van der Waals surface area (Å²) in [5.74, 6) is -0.559. The van der Waals surface area contributed by atoms with Crippen LogP contribution in [-0.2, 0) is 21.0 Å². The molecule has 1 aliphatic rings. The van der Waals surface area contributed by atoms with E-state index in [1.54, 1.807) is 4.90 Å². The Morgan fingerprint density at radius 3 is 2.32 bits per heavy atom. The van der Waals surface area contributed by atoms with Crippen LogP contribution < -0.4 is 10.6 Å². The number of hydrogen-bond donors (Lipinski definition) is 2. The Kier molecular flexibility index (Phi) is 6.91. The van der Waals surface area contributed by atoms with Crippen molar-refractivity contribution in [1.29, 1.82) is 0 Å². The quantitative estimate of drug-likeness (QED) is 0.728. The third kappa shape index (κ3) is 5.34. The van der Waals surface area contributed by atoms with Gasteiger partial charge in [-0.2, -0.15) is 17.5 Å². The van der Waals surface area contributed by atoms with Crippen molar-refractivity contribution in [3.05, 3.63) is 28.8 Å². The number of carbonyl (C=O) groups is 2. The zero-order valence-electron chi connectivity index (χ0n) is 14.7. The molecule has 0 aromatic heterocycles. The molecule has 3 amide bonds. The number of sulfonamides is 1. The molecule has 1 fully saturated rings. The first-order valence-electron chi connectivity index (χ1n) is 8.06. The van der Waals surface area contributed by atoms with Crippen LogP contribution in [0, 0.1) is 0 Å². The van der Waals surface area contributed by atoms with Crippen molar-refractivity contribution in [1.82, 2.24) is 19.8 Å². The third-order valence-corrected chi connectivity index (χ3v) is 6.44. The predicted octanol–water partition coefficient (Wildman–Crippen LogP) is 1.12.